The van der Waals surface area contributed by atoms with E-state index >= 15 is 0 Å². The van der Waals surface area contributed by atoms with Crippen LogP contribution in [0.15, 0.2) is 18.3 Å². The van der Waals surface area contributed by atoms with E-state index in [2.05, 4.69) is 24.1 Å². The Morgan fingerprint density at radius 3 is 2.89 bits per heavy atom. The second kappa shape index (κ2) is 8.64. The Hall–Kier alpha value is -1.42. The summed E-state index contributed by atoms with van der Waals surface area (Å²) in [5.74, 6) is -0.0416. The molecule has 0 aliphatic carbocycles. The van der Waals surface area contributed by atoms with Crippen molar-refractivity contribution < 1.29 is 4.79 Å². The van der Waals surface area contributed by atoms with Crippen molar-refractivity contribution in [1.82, 2.24) is 10.3 Å². The molecule has 1 heterocycles. The van der Waals surface area contributed by atoms with E-state index in [0.717, 1.165) is 12.1 Å². The first-order valence-electron chi connectivity index (χ1n) is 7.13. The summed E-state index contributed by atoms with van der Waals surface area (Å²) < 4.78 is 0. The first kappa shape index (κ1) is 15.6. The molecule has 0 aliphatic rings. The van der Waals surface area contributed by atoms with Crippen LogP contribution in [0.2, 0.25) is 0 Å². The first-order chi connectivity index (χ1) is 9.17. The molecule has 0 saturated heterocycles. The molecule has 0 radical (unpaired) electrons. The average Bonchev–Trinajstić information content (AvgIpc) is 2.43. The fraction of sp³-hybridized carbons (Fsp3) is 0.600. The normalized spacial score (nSPS) is 12.2. The second-order valence-electron chi connectivity index (χ2n) is 4.96. The summed E-state index contributed by atoms with van der Waals surface area (Å²) in [4.78, 5) is 16.1. The number of aromatic nitrogens is 1. The number of rotatable bonds is 8. The van der Waals surface area contributed by atoms with E-state index in [0.29, 0.717) is 12.1 Å². The molecular formula is C15H25N3O. The number of pyridine rings is 1. The molecular weight excluding hydrogens is 238 g/mol. The number of carbonyl (C=O) groups is 1. The average molecular weight is 263 g/mol. The zero-order valence-corrected chi connectivity index (χ0v) is 12.0. The predicted octanol–water partition coefficient (Wildman–Crippen LogP) is 2.63. The molecule has 0 spiro atoms. The Morgan fingerprint density at radius 1 is 1.42 bits per heavy atom. The standard InChI is InChI=1S/C15H25N3O/c1-3-4-5-6-7-12(2)18-15(19)13-8-9-17-14(10-13)11-16/h8-10,12H,3-7,11,16H2,1-2H3,(H,18,19). The van der Waals surface area contributed by atoms with Gasteiger partial charge in [0.15, 0.2) is 0 Å². The monoisotopic (exact) mass is 263 g/mol. The minimum Gasteiger partial charge on any atom is -0.350 e. The zero-order valence-electron chi connectivity index (χ0n) is 12.0. The Labute approximate surface area is 115 Å². The van der Waals surface area contributed by atoms with Crippen LogP contribution in [0.3, 0.4) is 0 Å². The fourth-order valence-electron chi connectivity index (χ4n) is 1.99. The van der Waals surface area contributed by atoms with Gasteiger partial charge in [-0.2, -0.15) is 0 Å². The highest BCUT2D eigenvalue weighted by molar-refractivity contribution is 5.94. The number of nitrogens with one attached hydrogen (secondary N) is 1. The number of unbranched alkanes of at least 4 members (excludes halogenated alkanes) is 3. The molecule has 1 amide bonds. The molecule has 1 atom stereocenters. The minimum absolute atomic E-state index is 0.0416. The first-order valence-corrected chi connectivity index (χ1v) is 7.13. The summed E-state index contributed by atoms with van der Waals surface area (Å²) >= 11 is 0. The van der Waals surface area contributed by atoms with Crippen molar-refractivity contribution in [3.8, 4) is 0 Å². The van der Waals surface area contributed by atoms with Gasteiger partial charge in [-0.15, -0.1) is 0 Å². The number of carbonyl (C=O) groups excluding carboxylic acids is 1. The molecule has 0 saturated carbocycles. The lowest BCUT2D eigenvalue weighted by molar-refractivity contribution is 0.0937. The van der Waals surface area contributed by atoms with Crippen LogP contribution in [0.4, 0.5) is 0 Å². The van der Waals surface area contributed by atoms with Gasteiger partial charge < -0.3 is 11.1 Å². The van der Waals surface area contributed by atoms with Gasteiger partial charge in [-0.1, -0.05) is 32.6 Å². The Morgan fingerprint density at radius 2 is 2.21 bits per heavy atom. The van der Waals surface area contributed by atoms with Gasteiger partial charge in [0, 0.05) is 24.3 Å². The Bertz CT molecular complexity index is 393. The summed E-state index contributed by atoms with van der Waals surface area (Å²) in [6.07, 6.45) is 7.57. The quantitative estimate of drug-likeness (QED) is 0.708. The molecule has 4 nitrogen and oxygen atoms in total. The molecule has 1 aromatic heterocycles. The van der Waals surface area contributed by atoms with E-state index in [1.165, 1.54) is 25.7 Å². The third-order valence-corrected chi connectivity index (χ3v) is 3.16. The lowest BCUT2D eigenvalue weighted by Gasteiger charge is -2.14. The molecule has 3 N–H and O–H groups in total. The molecule has 4 heteroatoms. The van der Waals surface area contributed by atoms with Gasteiger partial charge in [-0.3, -0.25) is 9.78 Å². The van der Waals surface area contributed by atoms with Gasteiger partial charge in [0.1, 0.15) is 0 Å². The molecule has 0 fully saturated rings. The van der Waals surface area contributed by atoms with Gasteiger partial charge in [-0.05, 0) is 25.5 Å². The summed E-state index contributed by atoms with van der Waals surface area (Å²) in [6, 6.07) is 3.68. The maximum atomic E-state index is 12.0. The molecule has 1 rings (SSSR count). The fourth-order valence-corrected chi connectivity index (χ4v) is 1.99. The highest BCUT2D eigenvalue weighted by Gasteiger charge is 2.10. The summed E-state index contributed by atoms with van der Waals surface area (Å²) in [7, 11) is 0. The van der Waals surface area contributed by atoms with Crippen LogP contribution in [0.5, 0.6) is 0 Å². The lowest BCUT2D eigenvalue weighted by atomic mass is 10.1. The van der Waals surface area contributed by atoms with Crippen molar-refractivity contribution in [1.29, 1.82) is 0 Å². The molecule has 1 aromatic rings. The highest BCUT2D eigenvalue weighted by Crippen LogP contribution is 2.07. The highest BCUT2D eigenvalue weighted by atomic mass is 16.1. The zero-order chi connectivity index (χ0) is 14.1. The van der Waals surface area contributed by atoms with Crippen molar-refractivity contribution in [2.75, 3.05) is 0 Å². The van der Waals surface area contributed by atoms with E-state index in [9.17, 15) is 4.79 Å². The van der Waals surface area contributed by atoms with Crippen LogP contribution in [0, 0.1) is 0 Å². The van der Waals surface area contributed by atoms with Crippen LogP contribution < -0.4 is 11.1 Å². The smallest absolute Gasteiger partial charge is 0.251 e. The van der Waals surface area contributed by atoms with Crippen molar-refractivity contribution in [2.45, 2.75) is 58.5 Å². The van der Waals surface area contributed by atoms with Crippen LogP contribution >= 0.6 is 0 Å². The number of hydrogen-bond donors (Lipinski definition) is 2. The Kier molecular flexibility index (Phi) is 7.11. The topological polar surface area (TPSA) is 68.0 Å². The molecule has 19 heavy (non-hydrogen) atoms. The lowest BCUT2D eigenvalue weighted by Crippen LogP contribution is -2.32. The van der Waals surface area contributed by atoms with Crippen LogP contribution in [-0.2, 0) is 6.54 Å². The van der Waals surface area contributed by atoms with Crippen molar-refractivity contribution in [3.63, 3.8) is 0 Å². The molecule has 0 bridgehead atoms. The maximum Gasteiger partial charge on any atom is 0.251 e. The Balaban J connectivity index is 2.40. The van der Waals surface area contributed by atoms with Crippen molar-refractivity contribution in [2.24, 2.45) is 5.73 Å². The summed E-state index contributed by atoms with van der Waals surface area (Å²) in [6.45, 7) is 4.60. The number of nitrogens with zero attached hydrogens (tertiary/aromatic N) is 1. The van der Waals surface area contributed by atoms with Crippen molar-refractivity contribution >= 4 is 5.91 Å². The molecule has 0 aromatic carbocycles. The van der Waals surface area contributed by atoms with E-state index in [-0.39, 0.29) is 11.9 Å². The number of nitrogens with two attached hydrogens (primary N) is 1. The van der Waals surface area contributed by atoms with Gasteiger partial charge in [-0.25, -0.2) is 0 Å². The van der Waals surface area contributed by atoms with Crippen LogP contribution in [0.25, 0.3) is 0 Å². The molecule has 106 valence electrons. The third-order valence-electron chi connectivity index (χ3n) is 3.16. The van der Waals surface area contributed by atoms with Gasteiger partial charge >= 0.3 is 0 Å². The maximum absolute atomic E-state index is 12.0. The SMILES string of the molecule is CCCCCCC(C)NC(=O)c1ccnc(CN)c1. The summed E-state index contributed by atoms with van der Waals surface area (Å²) in [5.41, 5.74) is 6.89. The predicted molar refractivity (Wildman–Crippen MR) is 77.8 cm³/mol. The van der Waals surface area contributed by atoms with E-state index in [1.807, 2.05) is 0 Å². The second-order valence-corrected chi connectivity index (χ2v) is 4.96. The largest absolute Gasteiger partial charge is 0.350 e. The third kappa shape index (κ3) is 5.83. The molecule has 0 aliphatic heterocycles. The van der Waals surface area contributed by atoms with Gasteiger partial charge in [0.25, 0.3) is 5.91 Å². The van der Waals surface area contributed by atoms with Crippen LogP contribution in [-0.4, -0.2) is 16.9 Å². The van der Waals surface area contributed by atoms with Crippen molar-refractivity contribution in [3.05, 3.63) is 29.6 Å². The molecule has 1 unspecified atom stereocenters. The number of hydrogen-bond acceptors (Lipinski definition) is 3. The summed E-state index contributed by atoms with van der Waals surface area (Å²) in [5, 5.41) is 3.02. The van der Waals surface area contributed by atoms with Gasteiger partial charge in [0.05, 0.1) is 5.69 Å². The minimum atomic E-state index is -0.0416. The van der Waals surface area contributed by atoms with Crippen LogP contribution in [0.1, 0.15) is 62.0 Å². The number of amides is 1. The van der Waals surface area contributed by atoms with E-state index in [1.54, 1.807) is 18.3 Å². The van der Waals surface area contributed by atoms with Gasteiger partial charge in [0.2, 0.25) is 0 Å². The van der Waals surface area contributed by atoms with E-state index < -0.39 is 0 Å². The van der Waals surface area contributed by atoms with E-state index in [4.69, 9.17) is 5.73 Å².